The number of nitrogens with one attached hydrogen (secondary N) is 1. The summed E-state index contributed by atoms with van der Waals surface area (Å²) in [6.07, 6.45) is 5.00. The molecule has 0 spiro atoms. The Morgan fingerprint density at radius 2 is 2.05 bits per heavy atom. The zero-order chi connectivity index (χ0) is 14.1. The molecule has 2 aromatic rings. The van der Waals surface area contributed by atoms with Crippen molar-refractivity contribution in [3.05, 3.63) is 22.2 Å². The average Bonchev–Trinajstić information content (AvgIpc) is 3.10. The van der Waals surface area contributed by atoms with Crippen LogP contribution in [-0.4, -0.2) is 21.3 Å². The maximum absolute atomic E-state index is 10.9. The quantitative estimate of drug-likeness (QED) is 0.681. The van der Waals surface area contributed by atoms with Crippen LogP contribution in [0.4, 0.5) is 11.4 Å². The zero-order valence-electron chi connectivity index (χ0n) is 11.2. The number of nitrogens with zero attached hydrogens (tertiary/aromatic N) is 3. The second-order valence-corrected chi connectivity index (χ2v) is 5.33. The van der Waals surface area contributed by atoms with E-state index in [0.29, 0.717) is 17.5 Å². The SMILES string of the molecule is CC(Nc1ccc([N+](=O)[O-])c2nonc12)C1CCCC1. The number of hydrogen-bond donors (Lipinski definition) is 1. The first kappa shape index (κ1) is 12.8. The number of benzene rings is 1. The number of aromatic nitrogens is 2. The highest BCUT2D eigenvalue weighted by Gasteiger charge is 2.24. The van der Waals surface area contributed by atoms with E-state index < -0.39 is 4.92 Å². The van der Waals surface area contributed by atoms with Gasteiger partial charge in [-0.05, 0) is 42.1 Å². The molecule has 1 unspecified atom stereocenters. The minimum atomic E-state index is -0.475. The van der Waals surface area contributed by atoms with Crippen LogP contribution < -0.4 is 5.32 Å². The number of hydrogen-bond acceptors (Lipinski definition) is 6. The molecule has 1 saturated carbocycles. The Labute approximate surface area is 115 Å². The van der Waals surface area contributed by atoms with Crippen molar-refractivity contribution in [2.75, 3.05) is 5.32 Å². The van der Waals surface area contributed by atoms with Gasteiger partial charge in [0, 0.05) is 12.1 Å². The third-order valence-corrected chi connectivity index (χ3v) is 4.08. The third-order valence-electron chi connectivity index (χ3n) is 4.08. The third kappa shape index (κ3) is 2.19. The van der Waals surface area contributed by atoms with Gasteiger partial charge in [-0.15, -0.1) is 0 Å². The van der Waals surface area contributed by atoms with E-state index >= 15 is 0 Å². The lowest BCUT2D eigenvalue weighted by Crippen LogP contribution is -2.23. The van der Waals surface area contributed by atoms with E-state index in [4.69, 9.17) is 0 Å². The molecule has 0 radical (unpaired) electrons. The van der Waals surface area contributed by atoms with Crippen molar-refractivity contribution in [3.63, 3.8) is 0 Å². The van der Waals surface area contributed by atoms with Gasteiger partial charge in [0.25, 0.3) is 0 Å². The van der Waals surface area contributed by atoms with Gasteiger partial charge < -0.3 is 5.32 Å². The highest BCUT2D eigenvalue weighted by Crippen LogP contribution is 2.32. The largest absolute Gasteiger partial charge is 0.380 e. The first-order chi connectivity index (χ1) is 9.66. The van der Waals surface area contributed by atoms with Gasteiger partial charge in [-0.3, -0.25) is 10.1 Å². The summed E-state index contributed by atoms with van der Waals surface area (Å²) in [4.78, 5) is 10.5. The molecule has 7 nitrogen and oxygen atoms in total. The van der Waals surface area contributed by atoms with Crippen molar-refractivity contribution in [3.8, 4) is 0 Å². The summed E-state index contributed by atoms with van der Waals surface area (Å²) in [5.74, 6) is 0.639. The summed E-state index contributed by atoms with van der Waals surface area (Å²) in [6.45, 7) is 2.14. The molecule has 1 N–H and O–H groups in total. The fourth-order valence-electron chi connectivity index (χ4n) is 2.94. The number of fused-ring (bicyclic) bond motifs is 1. The molecule has 106 valence electrons. The Balaban J connectivity index is 1.90. The van der Waals surface area contributed by atoms with Gasteiger partial charge >= 0.3 is 5.69 Å². The fourth-order valence-corrected chi connectivity index (χ4v) is 2.94. The molecule has 1 aliphatic rings. The van der Waals surface area contributed by atoms with Crippen molar-refractivity contribution in [2.24, 2.45) is 5.92 Å². The van der Waals surface area contributed by atoms with Crippen molar-refractivity contribution in [1.29, 1.82) is 0 Å². The zero-order valence-corrected chi connectivity index (χ0v) is 11.2. The maximum Gasteiger partial charge on any atom is 0.300 e. The van der Waals surface area contributed by atoms with Crippen LogP contribution in [0.5, 0.6) is 0 Å². The molecule has 0 bridgehead atoms. The highest BCUT2D eigenvalue weighted by atomic mass is 16.6. The van der Waals surface area contributed by atoms with Gasteiger partial charge in [0.05, 0.1) is 10.6 Å². The second-order valence-electron chi connectivity index (χ2n) is 5.33. The van der Waals surface area contributed by atoms with Crippen LogP contribution in [0.2, 0.25) is 0 Å². The predicted octanol–water partition coefficient (Wildman–Crippen LogP) is 3.12. The summed E-state index contributed by atoms with van der Waals surface area (Å²) in [5, 5.41) is 21.8. The molecule has 1 aliphatic carbocycles. The van der Waals surface area contributed by atoms with E-state index in [1.54, 1.807) is 6.07 Å². The molecular formula is C13H16N4O3. The lowest BCUT2D eigenvalue weighted by molar-refractivity contribution is -0.383. The standard InChI is InChI=1S/C13H16N4O3/c1-8(9-4-2-3-5-9)14-10-6-7-11(17(18)19)13-12(10)15-20-16-13/h6-9,14H,2-5H2,1H3. The topological polar surface area (TPSA) is 94.1 Å². The maximum atomic E-state index is 10.9. The van der Waals surface area contributed by atoms with E-state index in [1.807, 2.05) is 0 Å². The van der Waals surface area contributed by atoms with E-state index in [0.717, 1.165) is 5.69 Å². The number of non-ortho nitro benzene ring substituents is 1. The summed E-state index contributed by atoms with van der Waals surface area (Å²) in [6, 6.07) is 3.42. The smallest absolute Gasteiger partial charge is 0.300 e. The van der Waals surface area contributed by atoms with Crippen LogP contribution in [0.25, 0.3) is 11.0 Å². The van der Waals surface area contributed by atoms with Crippen LogP contribution in [0.3, 0.4) is 0 Å². The molecule has 3 rings (SSSR count). The molecule has 1 fully saturated rings. The van der Waals surface area contributed by atoms with Crippen molar-refractivity contribution < 1.29 is 9.55 Å². The highest BCUT2D eigenvalue weighted by molar-refractivity contribution is 5.93. The molecule has 0 amide bonds. The molecule has 1 aromatic carbocycles. The molecule has 1 atom stereocenters. The number of anilines is 1. The minimum absolute atomic E-state index is 0.0830. The number of nitro benzene ring substituents is 1. The van der Waals surface area contributed by atoms with Crippen LogP contribution in [0.1, 0.15) is 32.6 Å². The van der Waals surface area contributed by atoms with E-state index in [1.165, 1.54) is 31.7 Å². The van der Waals surface area contributed by atoms with Crippen LogP contribution in [0.15, 0.2) is 16.8 Å². The van der Waals surface area contributed by atoms with E-state index in [2.05, 4.69) is 27.2 Å². The lowest BCUT2D eigenvalue weighted by atomic mass is 9.99. The molecule has 1 heterocycles. The van der Waals surface area contributed by atoms with Gasteiger partial charge in [0.1, 0.15) is 0 Å². The monoisotopic (exact) mass is 276 g/mol. The predicted molar refractivity (Wildman–Crippen MR) is 73.5 cm³/mol. The van der Waals surface area contributed by atoms with Crippen LogP contribution >= 0.6 is 0 Å². The summed E-state index contributed by atoms with van der Waals surface area (Å²) in [7, 11) is 0. The lowest BCUT2D eigenvalue weighted by Gasteiger charge is -2.21. The summed E-state index contributed by atoms with van der Waals surface area (Å²) < 4.78 is 4.66. The average molecular weight is 276 g/mol. The first-order valence-corrected chi connectivity index (χ1v) is 6.83. The van der Waals surface area contributed by atoms with Gasteiger partial charge in [0.15, 0.2) is 5.52 Å². The normalized spacial score (nSPS) is 17.4. The van der Waals surface area contributed by atoms with Gasteiger partial charge in [-0.25, -0.2) is 4.63 Å². The van der Waals surface area contributed by atoms with Crippen LogP contribution in [-0.2, 0) is 0 Å². The Morgan fingerprint density at radius 3 is 2.75 bits per heavy atom. The Bertz CT molecular complexity index is 634. The van der Waals surface area contributed by atoms with Crippen LogP contribution in [0, 0.1) is 16.0 Å². The fraction of sp³-hybridized carbons (Fsp3) is 0.538. The molecule has 7 heteroatoms. The second kappa shape index (κ2) is 5.07. The molecule has 20 heavy (non-hydrogen) atoms. The number of nitro groups is 1. The number of rotatable bonds is 4. The minimum Gasteiger partial charge on any atom is -0.380 e. The first-order valence-electron chi connectivity index (χ1n) is 6.83. The Hall–Kier alpha value is -2.18. The molecular weight excluding hydrogens is 260 g/mol. The summed E-state index contributed by atoms with van der Waals surface area (Å²) >= 11 is 0. The molecule has 0 saturated heterocycles. The molecule has 1 aromatic heterocycles. The van der Waals surface area contributed by atoms with E-state index in [9.17, 15) is 10.1 Å². The van der Waals surface area contributed by atoms with Crippen molar-refractivity contribution in [1.82, 2.24) is 10.3 Å². The van der Waals surface area contributed by atoms with Crippen molar-refractivity contribution in [2.45, 2.75) is 38.6 Å². The Morgan fingerprint density at radius 1 is 1.35 bits per heavy atom. The van der Waals surface area contributed by atoms with Crippen molar-refractivity contribution >= 4 is 22.4 Å². The van der Waals surface area contributed by atoms with Gasteiger partial charge in [0.2, 0.25) is 5.52 Å². The van der Waals surface area contributed by atoms with E-state index in [-0.39, 0.29) is 11.2 Å². The van der Waals surface area contributed by atoms with Gasteiger partial charge in [-0.1, -0.05) is 12.8 Å². The Kier molecular flexibility index (Phi) is 3.25. The summed E-state index contributed by atoms with van der Waals surface area (Å²) in [5.41, 5.74) is 1.27. The molecule has 0 aliphatic heterocycles. The van der Waals surface area contributed by atoms with Gasteiger partial charge in [-0.2, -0.15) is 0 Å².